The first kappa shape index (κ1) is 19.1. The number of aromatic nitrogens is 4. The summed E-state index contributed by atoms with van der Waals surface area (Å²) in [4.78, 5) is 21.1. The number of carbonyl (C=O) groups is 1. The summed E-state index contributed by atoms with van der Waals surface area (Å²) in [6.07, 6.45) is 10.5. The zero-order chi connectivity index (χ0) is 19.3. The van der Waals surface area contributed by atoms with Gasteiger partial charge in [-0.05, 0) is 50.9 Å². The lowest BCUT2D eigenvalue weighted by molar-refractivity contribution is 0.0710. The van der Waals surface area contributed by atoms with E-state index in [-0.39, 0.29) is 5.91 Å². The van der Waals surface area contributed by atoms with Crippen LogP contribution in [0.4, 0.5) is 0 Å². The minimum Gasteiger partial charge on any atom is -0.339 e. The van der Waals surface area contributed by atoms with Crippen molar-refractivity contribution < 1.29 is 4.79 Å². The largest absolute Gasteiger partial charge is 0.339 e. The van der Waals surface area contributed by atoms with E-state index in [1.807, 2.05) is 4.90 Å². The number of likely N-dealkylation sites (tertiary alicyclic amines) is 2. The van der Waals surface area contributed by atoms with E-state index in [4.69, 9.17) is 0 Å². The molecule has 7 nitrogen and oxygen atoms in total. The van der Waals surface area contributed by atoms with Crippen molar-refractivity contribution in [1.82, 2.24) is 29.5 Å². The molecule has 4 heterocycles. The van der Waals surface area contributed by atoms with Gasteiger partial charge in [-0.25, -0.2) is 0 Å². The number of amides is 1. The Bertz CT molecular complexity index is 773. The van der Waals surface area contributed by atoms with Crippen molar-refractivity contribution in [3.63, 3.8) is 0 Å². The van der Waals surface area contributed by atoms with Crippen LogP contribution in [0.3, 0.4) is 0 Å². The molecule has 0 saturated carbocycles. The normalized spacial score (nSPS) is 19.5. The lowest BCUT2D eigenvalue weighted by atomic mass is 9.95. The van der Waals surface area contributed by atoms with E-state index in [2.05, 4.69) is 31.7 Å². The summed E-state index contributed by atoms with van der Waals surface area (Å²) in [6.45, 7) is 4.75. The zero-order valence-electron chi connectivity index (χ0n) is 16.8. The van der Waals surface area contributed by atoms with Gasteiger partial charge in [0.2, 0.25) is 0 Å². The van der Waals surface area contributed by atoms with Gasteiger partial charge in [-0.1, -0.05) is 12.8 Å². The Labute approximate surface area is 166 Å². The maximum Gasteiger partial charge on any atom is 0.253 e. The SMILES string of the molecule is Cn1c(CN2CCCCCC2)nnc1C1CCN(C(=O)c2ccncc2)CC1. The van der Waals surface area contributed by atoms with Crippen molar-refractivity contribution in [2.45, 2.75) is 51.0 Å². The van der Waals surface area contributed by atoms with E-state index in [9.17, 15) is 4.79 Å². The van der Waals surface area contributed by atoms with Gasteiger partial charge in [0.25, 0.3) is 5.91 Å². The molecule has 0 bridgehead atoms. The van der Waals surface area contributed by atoms with E-state index in [1.165, 1.54) is 25.7 Å². The average molecular weight is 383 g/mol. The van der Waals surface area contributed by atoms with Crippen molar-refractivity contribution >= 4 is 5.91 Å². The van der Waals surface area contributed by atoms with Gasteiger partial charge >= 0.3 is 0 Å². The molecule has 2 saturated heterocycles. The van der Waals surface area contributed by atoms with E-state index >= 15 is 0 Å². The highest BCUT2D eigenvalue weighted by molar-refractivity contribution is 5.94. The van der Waals surface area contributed by atoms with Crippen LogP contribution in [0.15, 0.2) is 24.5 Å². The highest BCUT2D eigenvalue weighted by Gasteiger charge is 2.28. The molecule has 4 rings (SSSR count). The summed E-state index contributed by atoms with van der Waals surface area (Å²) in [5.74, 6) is 2.60. The second-order valence-corrected chi connectivity index (χ2v) is 8.03. The molecule has 0 aromatic carbocycles. The number of rotatable bonds is 4. The van der Waals surface area contributed by atoms with Gasteiger partial charge in [0, 0.05) is 44.0 Å². The van der Waals surface area contributed by atoms with Crippen LogP contribution in [0.2, 0.25) is 0 Å². The van der Waals surface area contributed by atoms with Crippen molar-refractivity contribution in [3.05, 3.63) is 41.7 Å². The molecule has 2 aliphatic rings. The molecule has 0 atom stereocenters. The van der Waals surface area contributed by atoms with Gasteiger partial charge in [0.1, 0.15) is 11.6 Å². The molecule has 2 fully saturated rings. The minimum atomic E-state index is 0.0978. The number of piperidine rings is 1. The number of hydrogen-bond donors (Lipinski definition) is 0. The van der Waals surface area contributed by atoms with Gasteiger partial charge < -0.3 is 9.47 Å². The molecule has 2 aromatic heterocycles. The Balaban J connectivity index is 1.36. The molecule has 2 aliphatic heterocycles. The van der Waals surface area contributed by atoms with Crippen LogP contribution >= 0.6 is 0 Å². The van der Waals surface area contributed by atoms with Crippen LogP contribution in [0.25, 0.3) is 0 Å². The quantitative estimate of drug-likeness (QED) is 0.813. The van der Waals surface area contributed by atoms with Crippen molar-refractivity contribution in [2.24, 2.45) is 7.05 Å². The Kier molecular flexibility index (Phi) is 6.00. The Hall–Kier alpha value is -2.28. The topological polar surface area (TPSA) is 67.2 Å². The summed E-state index contributed by atoms with van der Waals surface area (Å²) in [5.41, 5.74) is 0.715. The lowest BCUT2D eigenvalue weighted by Gasteiger charge is -2.31. The van der Waals surface area contributed by atoms with Crippen molar-refractivity contribution in [1.29, 1.82) is 0 Å². The van der Waals surface area contributed by atoms with Gasteiger partial charge in [-0.2, -0.15) is 0 Å². The summed E-state index contributed by atoms with van der Waals surface area (Å²) < 4.78 is 2.19. The number of nitrogens with zero attached hydrogens (tertiary/aromatic N) is 6. The van der Waals surface area contributed by atoms with Crippen LogP contribution in [-0.4, -0.2) is 61.6 Å². The minimum absolute atomic E-state index is 0.0978. The third-order valence-electron chi connectivity index (χ3n) is 6.14. The van der Waals surface area contributed by atoms with Crippen LogP contribution in [0.1, 0.15) is 66.4 Å². The molecule has 0 radical (unpaired) electrons. The summed E-state index contributed by atoms with van der Waals surface area (Å²) in [5, 5.41) is 9.03. The first-order chi connectivity index (χ1) is 13.7. The van der Waals surface area contributed by atoms with Gasteiger partial charge in [0.15, 0.2) is 0 Å². The van der Waals surface area contributed by atoms with E-state index in [1.54, 1.807) is 24.5 Å². The van der Waals surface area contributed by atoms with E-state index in [0.717, 1.165) is 57.2 Å². The molecule has 2 aromatic rings. The van der Waals surface area contributed by atoms with Crippen LogP contribution < -0.4 is 0 Å². The molecule has 0 unspecified atom stereocenters. The van der Waals surface area contributed by atoms with E-state index < -0.39 is 0 Å². The third kappa shape index (κ3) is 4.24. The molecule has 7 heteroatoms. The van der Waals surface area contributed by atoms with Crippen molar-refractivity contribution in [3.8, 4) is 0 Å². The van der Waals surface area contributed by atoms with Crippen molar-refractivity contribution in [2.75, 3.05) is 26.2 Å². The highest BCUT2D eigenvalue weighted by atomic mass is 16.2. The van der Waals surface area contributed by atoms with Crippen LogP contribution in [0.5, 0.6) is 0 Å². The monoisotopic (exact) mass is 382 g/mol. The second-order valence-electron chi connectivity index (χ2n) is 8.03. The molecule has 0 spiro atoms. The lowest BCUT2D eigenvalue weighted by Crippen LogP contribution is -2.38. The Morgan fingerprint density at radius 2 is 1.68 bits per heavy atom. The summed E-state index contributed by atoms with van der Waals surface area (Å²) in [6, 6.07) is 3.57. The molecule has 150 valence electrons. The van der Waals surface area contributed by atoms with E-state index in [0.29, 0.717) is 11.5 Å². The maximum absolute atomic E-state index is 12.6. The molecular weight excluding hydrogens is 352 g/mol. The van der Waals surface area contributed by atoms with Crippen LogP contribution in [0, 0.1) is 0 Å². The first-order valence-corrected chi connectivity index (χ1v) is 10.5. The fraction of sp³-hybridized carbons (Fsp3) is 0.619. The van der Waals surface area contributed by atoms with Gasteiger partial charge in [-0.3, -0.25) is 14.7 Å². The smallest absolute Gasteiger partial charge is 0.253 e. The summed E-state index contributed by atoms with van der Waals surface area (Å²) in [7, 11) is 2.09. The Morgan fingerprint density at radius 1 is 1.00 bits per heavy atom. The number of carbonyl (C=O) groups excluding carboxylic acids is 1. The van der Waals surface area contributed by atoms with Gasteiger partial charge in [0.05, 0.1) is 6.54 Å². The molecular formula is C21H30N6O. The molecule has 1 amide bonds. The zero-order valence-corrected chi connectivity index (χ0v) is 16.8. The molecule has 0 aliphatic carbocycles. The molecule has 0 N–H and O–H groups in total. The third-order valence-corrected chi connectivity index (χ3v) is 6.14. The first-order valence-electron chi connectivity index (χ1n) is 10.5. The number of hydrogen-bond acceptors (Lipinski definition) is 5. The maximum atomic E-state index is 12.6. The van der Waals surface area contributed by atoms with Gasteiger partial charge in [-0.15, -0.1) is 10.2 Å². The number of pyridine rings is 1. The standard InChI is InChI=1S/C21H30N6O/c1-25-19(16-26-12-4-2-3-5-13-26)23-24-20(25)17-8-14-27(15-9-17)21(28)18-6-10-22-11-7-18/h6-7,10-11,17H,2-5,8-9,12-16H2,1H3. The molecule has 28 heavy (non-hydrogen) atoms. The van der Waals surface area contributed by atoms with Crippen LogP contribution in [-0.2, 0) is 13.6 Å². The Morgan fingerprint density at radius 3 is 2.36 bits per heavy atom. The highest BCUT2D eigenvalue weighted by Crippen LogP contribution is 2.28. The fourth-order valence-electron chi connectivity index (χ4n) is 4.38. The predicted molar refractivity (Wildman–Crippen MR) is 107 cm³/mol. The predicted octanol–water partition coefficient (Wildman–Crippen LogP) is 2.61. The second kappa shape index (κ2) is 8.82. The average Bonchev–Trinajstić information content (AvgIpc) is 2.93. The fourth-order valence-corrected chi connectivity index (χ4v) is 4.38. The summed E-state index contributed by atoms with van der Waals surface area (Å²) >= 11 is 0.